The molecule has 2 aromatic carbocycles. The van der Waals surface area contributed by atoms with Crippen LogP contribution in [0.15, 0.2) is 51.9 Å². The number of halogens is 1. The summed E-state index contributed by atoms with van der Waals surface area (Å²) in [7, 11) is 0. The number of benzene rings is 2. The monoisotopic (exact) mass is 434 g/mol. The van der Waals surface area contributed by atoms with Crippen LogP contribution in [0.25, 0.3) is 33.7 Å². The van der Waals surface area contributed by atoms with Gasteiger partial charge < -0.3 is 18.7 Å². The Hall–Kier alpha value is -3.52. The summed E-state index contributed by atoms with van der Waals surface area (Å²) in [5.74, 6) is 0.104. The molecule has 5 rings (SSSR count). The molecule has 0 atom stereocenters. The third-order valence-electron chi connectivity index (χ3n) is 5.88. The summed E-state index contributed by atoms with van der Waals surface area (Å²) in [5, 5.41) is 4.35. The first-order valence-electron chi connectivity index (χ1n) is 10.7. The Morgan fingerprint density at radius 1 is 1.12 bits per heavy atom. The molecule has 1 saturated heterocycles. The van der Waals surface area contributed by atoms with Gasteiger partial charge in [0.25, 0.3) is 5.89 Å². The molecule has 0 spiro atoms. The van der Waals surface area contributed by atoms with Crippen LogP contribution in [0.4, 0.5) is 10.1 Å². The second kappa shape index (κ2) is 8.20. The molecule has 3 heterocycles. The summed E-state index contributed by atoms with van der Waals surface area (Å²) in [6.07, 6.45) is 1.71. The van der Waals surface area contributed by atoms with E-state index in [9.17, 15) is 4.79 Å². The molecule has 0 radical (unpaired) electrons. The molecule has 1 aliphatic heterocycles. The van der Waals surface area contributed by atoms with E-state index in [-0.39, 0.29) is 22.3 Å². The molecule has 0 unspecified atom stereocenters. The number of morpholine rings is 1. The summed E-state index contributed by atoms with van der Waals surface area (Å²) >= 11 is 0. The van der Waals surface area contributed by atoms with E-state index >= 15 is 4.39 Å². The van der Waals surface area contributed by atoms with Crippen molar-refractivity contribution in [3.63, 3.8) is 0 Å². The fraction of sp³-hybridized carbons (Fsp3) is 0.292. The van der Waals surface area contributed by atoms with E-state index in [0.29, 0.717) is 49.9 Å². The summed E-state index contributed by atoms with van der Waals surface area (Å²) in [6, 6.07) is 10.8. The van der Waals surface area contributed by atoms with Crippen molar-refractivity contribution in [3.05, 3.63) is 64.2 Å². The van der Waals surface area contributed by atoms with E-state index in [1.54, 1.807) is 12.3 Å². The average molecular weight is 434 g/mol. The van der Waals surface area contributed by atoms with Gasteiger partial charge in [-0.1, -0.05) is 29.4 Å². The van der Waals surface area contributed by atoms with E-state index in [2.05, 4.69) is 10.1 Å². The normalized spacial score (nSPS) is 14.3. The number of aryl methyl sites for hydroxylation is 2. The topological polar surface area (TPSA) is 73.4 Å². The van der Waals surface area contributed by atoms with Gasteiger partial charge in [-0.15, -0.1) is 0 Å². The van der Waals surface area contributed by atoms with E-state index in [0.717, 1.165) is 11.1 Å². The Kier molecular flexibility index (Phi) is 5.22. The van der Waals surface area contributed by atoms with Gasteiger partial charge in [-0.25, -0.2) is 4.39 Å². The molecule has 7 nitrogen and oxygen atoms in total. The zero-order valence-corrected chi connectivity index (χ0v) is 18.0. The molecule has 2 aromatic heterocycles. The number of hydrogen-bond donors (Lipinski definition) is 0. The lowest BCUT2D eigenvalue weighted by Crippen LogP contribution is -2.36. The maximum Gasteiger partial charge on any atom is 0.263 e. The van der Waals surface area contributed by atoms with Gasteiger partial charge in [0.05, 0.1) is 24.4 Å². The highest BCUT2D eigenvalue weighted by Crippen LogP contribution is 2.28. The van der Waals surface area contributed by atoms with Crippen LogP contribution >= 0.6 is 0 Å². The van der Waals surface area contributed by atoms with Gasteiger partial charge in [0.15, 0.2) is 0 Å². The molecular formula is C24H23FN4O3. The van der Waals surface area contributed by atoms with Crippen LogP contribution in [0, 0.1) is 12.7 Å². The summed E-state index contributed by atoms with van der Waals surface area (Å²) in [5.41, 5.74) is 2.90. The van der Waals surface area contributed by atoms with Crippen LogP contribution in [-0.4, -0.2) is 41.0 Å². The predicted molar refractivity (Wildman–Crippen MR) is 120 cm³/mol. The third kappa shape index (κ3) is 3.46. The second-order valence-corrected chi connectivity index (χ2v) is 7.82. The van der Waals surface area contributed by atoms with Crippen molar-refractivity contribution < 1.29 is 13.7 Å². The van der Waals surface area contributed by atoms with Gasteiger partial charge in [0.1, 0.15) is 11.4 Å². The smallest absolute Gasteiger partial charge is 0.263 e. The number of rotatable bonds is 4. The van der Waals surface area contributed by atoms with Crippen molar-refractivity contribution in [2.75, 3.05) is 31.2 Å². The minimum Gasteiger partial charge on any atom is -0.378 e. The molecular weight excluding hydrogens is 411 g/mol. The maximum absolute atomic E-state index is 15.0. The number of nitrogens with zero attached hydrogens (tertiary/aromatic N) is 4. The molecule has 0 aliphatic carbocycles. The van der Waals surface area contributed by atoms with E-state index < -0.39 is 5.82 Å². The van der Waals surface area contributed by atoms with Crippen LogP contribution in [0.3, 0.4) is 0 Å². The van der Waals surface area contributed by atoms with Crippen molar-refractivity contribution in [1.82, 2.24) is 14.7 Å². The van der Waals surface area contributed by atoms with E-state index in [1.165, 1.54) is 6.07 Å². The van der Waals surface area contributed by atoms with Crippen LogP contribution in [0.1, 0.15) is 12.5 Å². The van der Waals surface area contributed by atoms with E-state index in [4.69, 9.17) is 9.26 Å². The highest BCUT2D eigenvalue weighted by Gasteiger charge is 2.21. The Labute approximate surface area is 184 Å². The molecule has 1 aliphatic rings. The van der Waals surface area contributed by atoms with E-state index in [1.807, 2.05) is 47.6 Å². The summed E-state index contributed by atoms with van der Waals surface area (Å²) in [4.78, 5) is 19.7. The predicted octanol–water partition coefficient (Wildman–Crippen LogP) is 4.02. The average Bonchev–Trinajstić information content (AvgIpc) is 3.30. The Balaban J connectivity index is 1.63. The van der Waals surface area contributed by atoms with Crippen LogP contribution in [0.2, 0.25) is 0 Å². The lowest BCUT2D eigenvalue weighted by molar-refractivity contribution is 0.122. The molecule has 0 amide bonds. The fourth-order valence-electron chi connectivity index (χ4n) is 4.13. The third-order valence-corrected chi connectivity index (χ3v) is 5.88. The van der Waals surface area contributed by atoms with Crippen molar-refractivity contribution in [2.24, 2.45) is 0 Å². The summed E-state index contributed by atoms with van der Waals surface area (Å²) in [6.45, 7) is 6.85. The first kappa shape index (κ1) is 20.4. The molecule has 4 aromatic rings. The zero-order valence-electron chi connectivity index (χ0n) is 18.0. The Morgan fingerprint density at radius 2 is 1.91 bits per heavy atom. The molecule has 0 bridgehead atoms. The first-order chi connectivity index (χ1) is 15.6. The highest BCUT2D eigenvalue weighted by molar-refractivity contribution is 5.86. The number of hydrogen-bond acceptors (Lipinski definition) is 6. The number of pyridine rings is 1. The number of fused-ring (bicyclic) bond motifs is 1. The Morgan fingerprint density at radius 3 is 2.66 bits per heavy atom. The molecule has 0 N–H and O–H groups in total. The minimum atomic E-state index is -0.428. The van der Waals surface area contributed by atoms with Crippen molar-refractivity contribution >= 4 is 16.6 Å². The highest BCUT2D eigenvalue weighted by atomic mass is 19.1. The maximum atomic E-state index is 15.0. The van der Waals surface area contributed by atoms with Gasteiger partial charge in [0, 0.05) is 36.8 Å². The van der Waals surface area contributed by atoms with Crippen LogP contribution < -0.4 is 10.3 Å². The van der Waals surface area contributed by atoms with Gasteiger partial charge in [0.2, 0.25) is 11.3 Å². The zero-order chi connectivity index (χ0) is 22.2. The van der Waals surface area contributed by atoms with Crippen LogP contribution in [0.5, 0.6) is 0 Å². The second-order valence-electron chi connectivity index (χ2n) is 7.82. The molecule has 8 heteroatoms. The number of aromatic nitrogens is 3. The van der Waals surface area contributed by atoms with Crippen molar-refractivity contribution in [2.45, 2.75) is 20.4 Å². The number of ether oxygens (including phenoxy) is 1. The largest absolute Gasteiger partial charge is 0.378 e. The Bertz CT molecular complexity index is 1360. The van der Waals surface area contributed by atoms with Crippen LogP contribution in [-0.2, 0) is 11.3 Å². The molecule has 0 saturated carbocycles. The van der Waals surface area contributed by atoms with Gasteiger partial charge in [-0.2, -0.15) is 4.98 Å². The van der Waals surface area contributed by atoms with Gasteiger partial charge in [-0.05, 0) is 31.5 Å². The van der Waals surface area contributed by atoms with Crippen molar-refractivity contribution in [3.8, 4) is 22.8 Å². The molecule has 164 valence electrons. The quantitative estimate of drug-likeness (QED) is 0.483. The first-order valence-corrected chi connectivity index (χ1v) is 10.7. The summed E-state index contributed by atoms with van der Waals surface area (Å²) < 4.78 is 27.8. The molecule has 32 heavy (non-hydrogen) atoms. The lowest BCUT2D eigenvalue weighted by Gasteiger charge is -2.29. The van der Waals surface area contributed by atoms with Crippen molar-refractivity contribution in [1.29, 1.82) is 0 Å². The standard InChI is InChI=1S/C24H23FN4O3/c1-3-28-14-18(24-26-23(27-32-24)16-7-5-4-6-15(16)2)22(30)17-12-19(25)21(13-20(17)28)29-8-10-31-11-9-29/h4-7,12-14H,3,8-11H2,1-2H3. The van der Waals surface area contributed by atoms with Gasteiger partial charge >= 0.3 is 0 Å². The number of anilines is 1. The lowest BCUT2D eigenvalue weighted by atomic mass is 10.1. The SMILES string of the molecule is CCn1cc(-c2nc(-c3ccccc3C)no2)c(=O)c2cc(F)c(N3CCOCC3)cc21. The van der Waals surface area contributed by atoms with Gasteiger partial charge in [-0.3, -0.25) is 4.79 Å². The fourth-order valence-corrected chi connectivity index (χ4v) is 4.13. The molecule has 1 fully saturated rings. The minimum absolute atomic E-state index is 0.120.